The molecule has 4 nitrogen and oxygen atoms in total. The van der Waals surface area contributed by atoms with Crippen LogP contribution >= 0.6 is 0 Å². The summed E-state index contributed by atoms with van der Waals surface area (Å²) in [4.78, 5) is 11.2. The van der Waals surface area contributed by atoms with Gasteiger partial charge in [0.1, 0.15) is 0 Å². The molecule has 2 rings (SSSR count). The number of nitrogens with zero attached hydrogens (tertiary/aromatic N) is 1. The molecule has 0 saturated heterocycles. The van der Waals surface area contributed by atoms with Crippen LogP contribution in [0.5, 0.6) is 0 Å². The van der Waals surface area contributed by atoms with Crippen molar-refractivity contribution in [2.24, 2.45) is 11.3 Å². The number of aliphatic carboxylic acids is 1. The quantitative estimate of drug-likeness (QED) is 0.829. The molecule has 2 N–H and O–H groups in total. The van der Waals surface area contributed by atoms with Crippen molar-refractivity contribution in [1.29, 1.82) is 0 Å². The van der Waals surface area contributed by atoms with Gasteiger partial charge in [-0.3, -0.25) is 9.89 Å². The lowest BCUT2D eigenvalue weighted by Gasteiger charge is -2.18. The average Bonchev–Trinajstić information content (AvgIpc) is 2.59. The maximum Gasteiger partial charge on any atom is 0.307 e. The Morgan fingerprint density at radius 3 is 2.47 bits per heavy atom. The summed E-state index contributed by atoms with van der Waals surface area (Å²) in [6, 6.07) is 0. The van der Waals surface area contributed by atoms with E-state index in [2.05, 4.69) is 31.0 Å². The molecule has 1 aliphatic carbocycles. The van der Waals surface area contributed by atoms with Crippen LogP contribution in [0, 0.1) is 11.3 Å². The van der Waals surface area contributed by atoms with Gasteiger partial charge in [0, 0.05) is 17.0 Å². The lowest BCUT2D eigenvalue weighted by molar-refractivity contribution is -0.139. The van der Waals surface area contributed by atoms with Gasteiger partial charge in [-0.2, -0.15) is 5.10 Å². The van der Waals surface area contributed by atoms with Crippen molar-refractivity contribution >= 4 is 5.97 Å². The van der Waals surface area contributed by atoms with Gasteiger partial charge in [0.25, 0.3) is 0 Å². The Hall–Kier alpha value is -1.32. The molecule has 1 aromatic heterocycles. The number of hydrogen-bond donors (Lipinski definition) is 2. The van der Waals surface area contributed by atoms with Gasteiger partial charge in [0.2, 0.25) is 0 Å². The number of aromatic amines is 1. The first kappa shape index (κ1) is 12.1. The highest BCUT2D eigenvalue weighted by atomic mass is 16.4. The van der Waals surface area contributed by atoms with E-state index in [9.17, 15) is 9.90 Å². The predicted octanol–water partition coefficient (Wildman–Crippen LogP) is 2.53. The fraction of sp³-hybridized carbons (Fsp3) is 0.692. The fourth-order valence-corrected chi connectivity index (χ4v) is 2.81. The van der Waals surface area contributed by atoms with Gasteiger partial charge in [-0.1, -0.05) is 34.6 Å². The first-order valence-electron chi connectivity index (χ1n) is 5.94. The van der Waals surface area contributed by atoms with Crippen LogP contribution in [-0.4, -0.2) is 21.3 Å². The molecule has 1 heterocycles. The summed E-state index contributed by atoms with van der Waals surface area (Å²) < 4.78 is 0. The Balaban J connectivity index is 2.38. The Morgan fingerprint density at radius 2 is 2.06 bits per heavy atom. The Morgan fingerprint density at radius 1 is 1.47 bits per heavy atom. The maximum absolute atomic E-state index is 11.2. The van der Waals surface area contributed by atoms with E-state index in [1.165, 1.54) is 0 Å². The molecule has 1 saturated carbocycles. The number of carboxylic acid groups (broad SMARTS) is 1. The number of carbonyl (C=O) groups is 1. The minimum Gasteiger partial charge on any atom is -0.481 e. The monoisotopic (exact) mass is 236 g/mol. The molecule has 0 spiro atoms. The third-order valence-electron chi connectivity index (χ3n) is 3.85. The molecule has 4 heteroatoms. The lowest BCUT2D eigenvalue weighted by atomic mass is 9.87. The van der Waals surface area contributed by atoms with E-state index >= 15 is 0 Å². The second kappa shape index (κ2) is 3.34. The third-order valence-corrected chi connectivity index (χ3v) is 3.85. The molecule has 0 radical (unpaired) electrons. The zero-order chi connectivity index (χ0) is 13.0. The van der Waals surface area contributed by atoms with Gasteiger partial charge in [-0.15, -0.1) is 0 Å². The van der Waals surface area contributed by atoms with Crippen molar-refractivity contribution in [2.45, 2.75) is 46.0 Å². The van der Waals surface area contributed by atoms with Gasteiger partial charge in [0.05, 0.1) is 12.1 Å². The molecule has 0 amide bonds. The van der Waals surface area contributed by atoms with Crippen LogP contribution in [0.25, 0.3) is 0 Å². The van der Waals surface area contributed by atoms with Crippen molar-refractivity contribution in [3.63, 3.8) is 0 Å². The van der Waals surface area contributed by atoms with E-state index in [0.717, 1.165) is 11.3 Å². The van der Waals surface area contributed by atoms with Crippen molar-refractivity contribution in [2.75, 3.05) is 0 Å². The summed E-state index contributed by atoms with van der Waals surface area (Å²) >= 11 is 0. The molecule has 2 atom stereocenters. The number of aromatic nitrogens is 2. The van der Waals surface area contributed by atoms with E-state index in [1.807, 2.05) is 13.8 Å². The van der Waals surface area contributed by atoms with Crippen LogP contribution in [0.2, 0.25) is 0 Å². The highest BCUT2D eigenvalue weighted by Crippen LogP contribution is 2.65. The smallest absolute Gasteiger partial charge is 0.307 e. The minimum absolute atomic E-state index is 0.0342. The summed E-state index contributed by atoms with van der Waals surface area (Å²) in [5.41, 5.74) is 1.91. The van der Waals surface area contributed by atoms with Crippen LogP contribution in [0.15, 0.2) is 6.20 Å². The molecule has 0 aliphatic heterocycles. The molecule has 1 aliphatic rings. The first-order chi connectivity index (χ1) is 7.67. The first-order valence-corrected chi connectivity index (χ1v) is 5.94. The molecular weight excluding hydrogens is 216 g/mol. The number of rotatable bonds is 2. The van der Waals surface area contributed by atoms with E-state index in [-0.39, 0.29) is 22.7 Å². The second-order valence-corrected chi connectivity index (χ2v) is 6.57. The highest BCUT2D eigenvalue weighted by molar-refractivity contribution is 5.77. The van der Waals surface area contributed by atoms with E-state index < -0.39 is 5.97 Å². The molecule has 1 fully saturated rings. The molecule has 0 aromatic carbocycles. The van der Waals surface area contributed by atoms with Gasteiger partial charge >= 0.3 is 5.97 Å². The van der Waals surface area contributed by atoms with Gasteiger partial charge in [0.15, 0.2) is 0 Å². The van der Waals surface area contributed by atoms with Crippen molar-refractivity contribution < 1.29 is 9.90 Å². The standard InChI is InChI=1S/C13H20N2O2/c1-12(2,3)10-7(6-14-15-10)8-9(11(16)17)13(8,4)5/h6,8-9H,1-5H3,(H,14,15)(H,16,17)/t8-,9+/m0/s1. The number of H-pyrrole nitrogens is 1. The van der Waals surface area contributed by atoms with Crippen molar-refractivity contribution in [1.82, 2.24) is 10.2 Å². The van der Waals surface area contributed by atoms with E-state index in [0.29, 0.717) is 0 Å². The molecule has 1 aromatic rings. The van der Waals surface area contributed by atoms with Crippen LogP contribution in [-0.2, 0) is 10.2 Å². The SMILES string of the molecule is CC(C)(C)c1[nH]ncc1[C@H]1[C@H](C(=O)O)C1(C)C. The van der Waals surface area contributed by atoms with Crippen LogP contribution in [0.1, 0.15) is 51.8 Å². The number of nitrogens with one attached hydrogen (secondary N) is 1. The van der Waals surface area contributed by atoms with Crippen molar-refractivity contribution in [3.05, 3.63) is 17.5 Å². The largest absolute Gasteiger partial charge is 0.481 e. The Kier molecular flexibility index (Phi) is 2.39. The zero-order valence-electron chi connectivity index (χ0n) is 11.0. The second-order valence-electron chi connectivity index (χ2n) is 6.57. The summed E-state index contributed by atoms with van der Waals surface area (Å²) in [7, 11) is 0. The summed E-state index contributed by atoms with van der Waals surface area (Å²) in [5.74, 6) is -0.921. The minimum atomic E-state index is -0.707. The summed E-state index contributed by atoms with van der Waals surface area (Å²) in [5, 5.41) is 16.3. The highest BCUT2D eigenvalue weighted by Gasteiger charge is 2.63. The predicted molar refractivity (Wildman–Crippen MR) is 64.9 cm³/mol. The Bertz CT molecular complexity index is 454. The summed E-state index contributed by atoms with van der Waals surface area (Å²) in [6.07, 6.45) is 1.79. The van der Waals surface area contributed by atoms with Crippen LogP contribution < -0.4 is 0 Å². The fourth-order valence-electron chi connectivity index (χ4n) is 2.81. The van der Waals surface area contributed by atoms with Gasteiger partial charge < -0.3 is 5.11 Å². The van der Waals surface area contributed by atoms with Crippen LogP contribution in [0.4, 0.5) is 0 Å². The number of hydrogen-bond acceptors (Lipinski definition) is 2. The normalized spacial score (nSPS) is 26.9. The summed E-state index contributed by atoms with van der Waals surface area (Å²) in [6.45, 7) is 10.3. The van der Waals surface area contributed by atoms with E-state index in [1.54, 1.807) is 6.20 Å². The molecule has 0 unspecified atom stereocenters. The zero-order valence-corrected chi connectivity index (χ0v) is 11.0. The molecule has 94 valence electrons. The third kappa shape index (κ3) is 1.75. The van der Waals surface area contributed by atoms with E-state index in [4.69, 9.17) is 0 Å². The Labute approximate surface area is 101 Å². The molecule has 17 heavy (non-hydrogen) atoms. The number of carboxylic acids is 1. The van der Waals surface area contributed by atoms with Gasteiger partial charge in [-0.25, -0.2) is 0 Å². The van der Waals surface area contributed by atoms with Crippen LogP contribution in [0.3, 0.4) is 0 Å². The molecular formula is C13H20N2O2. The lowest BCUT2D eigenvalue weighted by Crippen LogP contribution is -2.14. The molecule has 0 bridgehead atoms. The topological polar surface area (TPSA) is 66.0 Å². The van der Waals surface area contributed by atoms with Crippen molar-refractivity contribution in [3.8, 4) is 0 Å². The maximum atomic E-state index is 11.2. The average molecular weight is 236 g/mol. The van der Waals surface area contributed by atoms with Gasteiger partial charge in [-0.05, 0) is 11.0 Å².